The zero-order valence-corrected chi connectivity index (χ0v) is 10.1. The molecule has 3 heteroatoms. The topological polar surface area (TPSA) is 32.3 Å². The van der Waals surface area contributed by atoms with Crippen LogP contribution in [0.2, 0.25) is 0 Å². The largest absolute Gasteiger partial charge is 0.396 e. The van der Waals surface area contributed by atoms with Gasteiger partial charge in [0.05, 0.1) is 0 Å². The van der Waals surface area contributed by atoms with Gasteiger partial charge in [-0.3, -0.25) is 0 Å². The number of aliphatic hydroxyl groups excluding tert-OH is 1. The Morgan fingerprint density at radius 3 is 2.43 bits per heavy atom. The summed E-state index contributed by atoms with van der Waals surface area (Å²) in [7, 11) is 2.03. The number of rotatable bonds is 2. The van der Waals surface area contributed by atoms with Crippen molar-refractivity contribution in [1.29, 1.82) is 0 Å². The van der Waals surface area contributed by atoms with Gasteiger partial charge in [0.15, 0.2) is 0 Å². The van der Waals surface area contributed by atoms with Gasteiger partial charge in [-0.1, -0.05) is 13.8 Å². The molecule has 3 aliphatic carbocycles. The van der Waals surface area contributed by atoms with Crippen LogP contribution in [-0.4, -0.2) is 24.8 Å². The van der Waals surface area contributed by atoms with E-state index in [1.165, 1.54) is 12.8 Å². The summed E-state index contributed by atoms with van der Waals surface area (Å²) in [4.78, 5) is 0. The average Bonchev–Trinajstić information content (AvgIpc) is 2.16. The molecule has 0 saturated heterocycles. The molecule has 0 aromatic carbocycles. The highest BCUT2D eigenvalue weighted by molar-refractivity contribution is 5.85. The van der Waals surface area contributed by atoms with E-state index in [0.717, 1.165) is 11.8 Å². The zero-order valence-electron chi connectivity index (χ0n) is 9.29. The lowest BCUT2D eigenvalue weighted by atomic mass is 9.45. The highest BCUT2D eigenvalue weighted by Gasteiger charge is 2.56. The summed E-state index contributed by atoms with van der Waals surface area (Å²) in [6, 6.07) is 0.546. The molecule has 3 saturated carbocycles. The van der Waals surface area contributed by atoms with Crippen molar-refractivity contribution in [2.24, 2.45) is 23.2 Å². The molecule has 3 aliphatic rings. The molecule has 0 aromatic rings. The fourth-order valence-corrected chi connectivity index (χ4v) is 3.53. The average molecular weight is 220 g/mol. The zero-order chi connectivity index (χ0) is 9.64. The van der Waals surface area contributed by atoms with Crippen LogP contribution in [0, 0.1) is 23.2 Å². The van der Waals surface area contributed by atoms with Crippen LogP contribution in [-0.2, 0) is 0 Å². The van der Waals surface area contributed by atoms with E-state index in [9.17, 15) is 5.11 Å². The summed E-state index contributed by atoms with van der Waals surface area (Å²) in [6.07, 6.45) is 2.58. The molecular weight excluding hydrogens is 198 g/mol. The summed E-state index contributed by atoms with van der Waals surface area (Å²) in [6.45, 7) is 5.11. The van der Waals surface area contributed by atoms with Gasteiger partial charge < -0.3 is 10.4 Å². The highest BCUT2D eigenvalue weighted by atomic mass is 35.5. The lowest BCUT2D eigenvalue weighted by Gasteiger charge is -2.62. The number of halogens is 1. The molecule has 0 heterocycles. The van der Waals surface area contributed by atoms with Crippen LogP contribution in [0.3, 0.4) is 0 Å². The van der Waals surface area contributed by atoms with Gasteiger partial charge in [-0.05, 0) is 43.1 Å². The maximum atomic E-state index is 9.26. The number of aliphatic hydroxyl groups is 1. The normalized spacial score (nSPS) is 43.7. The molecule has 3 rings (SSSR count). The number of fused-ring (bicyclic) bond motifs is 2. The van der Waals surface area contributed by atoms with Crippen LogP contribution >= 0.6 is 12.4 Å². The molecule has 4 atom stereocenters. The fraction of sp³-hybridized carbons (Fsp3) is 1.00. The van der Waals surface area contributed by atoms with Crippen LogP contribution in [0.4, 0.5) is 0 Å². The number of nitrogens with one attached hydrogen (secondary N) is 1. The molecule has 3 fully saturated rings. The Balaban J connectivity index is 0.000000980. The van der Waals surface area contributed by atoms with Gasteiger partial charge >= 0.3 is 0 Å². The van der Waals surface area contributed by atoms with Gasteiger partial charge in [-0.2, -0.15) is 0 Å². The predicted molar refractivity (Wildman–Crippen MR) is 60.7 cm³/mol. The Morgan fingerprint density at radius 2 is 2.00 bits per heavy atom. The van der Waals surface area contributed by atoms with E-state index in [-0.39, 0.29) is 12.4 Å². The first-order valence-corrected chi connectivity index (χ1v) is 5.39. The molecule has 14 heavy (non-hydrogen) atoms. The number of hydrogen-bond donors (Lipinski definition) is 2. The fourth-order valence-electron chi connectivity index (χ4n) is 3.53. The standard InChI is InChI=1S/C11H21NO.ClH/c1-11(2)8-4-7(6-13)10(12-3)9(11)5-8;/h7-10,12-13H,4-6H2,1-3H3;1H/t7-,8+,9+,10+;/m1./s1. The van der Waals surface area contributed by atoms with E-state index in [2.05, 4.69) is 19.2 Å². The maximum Gasteiger partial charge on any atom is 0.0474 e. The van der Waals surface area contributed by atoms with Crippen LogP contribution in [0.1, 0.15) is 26.7 Å². The third-order valence-electron chi connectivity index (χ3n) is 4.64. The third kappa shape index (κ3) is 1.48. The smallest absolute Gasteiger partial charge is 0.0474 e. The Hall–Kier alpha value is 0.210. The molecule has 84 valence electrons. The molecule has 0 aliphatic heterocycles. The summed E-state index contributed by atoms with van der Waals surface area (Å²) in [5.74, 6) is 2.15. The molecule has 2 bridgehead atoms. The predicted octanol–water partition coefficient (Wildman–Crippen LogP) is 1.67. The molecular formula is C11H22ClNO. The molecule has 2 nitrogen and oxygen atoms in total. The second kappa shape index (κ2) is 3.99. The van der Waals surface area contributed by atoms with Crippen molar-refractivity contribution in [1.82, 2.24) is 5.32 Å². The van der Waals surface area contributed by atoms with Crippen molar-refractivity contribution in [2.45, 2.75) is 32.7 Å². The molecule has 0 aromatic heterocycles. The van der Waals surface area contributed by atoms with Crippen LogP contribution in [0.15, 0.2) is 0 Å². The Bertz CT molecular complexity index is 207. The molecule has 0 amide bonds. The van der Waals surface area contributed by atoms with Crippen molar-refractivity contribution in [3.05, 3.63) is 0 Å². The molecule has 0 spiro atoms. The van der Waals surface area contributed by atoms with Gasteiger partial charge in [0.1, 0.15) is 0 Å². The summed E-state index contributed by atoms with van der Waals surface area (Å²) < 4.78 is 0. The highest BCUT2D eigenvalue weighted by Crippen LogP contribution is 2.60. The molecule has 0 unspecified atom stereocenters. The van der Waals surface area contributed by atoms with Crippen LogP contribution in [0.5, 0.6) is 0 Å². The van der Waals surface area contributed by atoms with E-state index >= 15 is 0 Å². The quantitative estimate of drug-likeness (QED) is 0.741. The van der Waals surface area contributed by atoms with Gasteiger partial charge in [0, 0.05) is 12.6 Å². The van der Waals surface area contributed by atoms with E-state index < -0.39 is 0 Å². The van der Waals surface area contributed by atoms with Crippen LogP contribution < -0.4 is 5.32 Å². The molecule has 2 N–H and O–H groups in total. The lowest BCUT2D eigenvalue weighted by Crippen LogP contribution is -2.62. The van der Waals surface area contributed by atoms with E-state index in [0.29, 0.717) is 24.0 Å². The SMILES string of the molecule is CN[C@H]1[C@@H](CO)C[C@H]2C[C@@H]1C2(C)C.Cl. The molecule has 0 radical (unpaired) electrons. The van der Waals surface area contributed by atoms with Gasteiger partial charge in [0.25, 0.3) is 0 Å². The second-order valence-corrected chi connectivity index (χ2v) is 5.35. The third-order valence-corrected chi connectivity index (χ3v) is 4.64. The van der Waals surface area contributed by atoms with Crippen molar-refractivity contribution < 1.29 is 5.11 Å². The first-order chi connectivity index (χ1) is 6.11. The Kier molecular flexibility index (Phi) is 3.50. The van der Waals surface area contributed by atoms with Gasteiger partial charge in [0.2, 0.25) is 0 Å². The Morgan fingerprint density at radius 1 is 1.36 bits per heavy atom. The van der Waals surface area contributed by atoms with E-state index in [1.807, 2.05) is 7.05 Å². The monoisotopic (exact) mass is 219 g/mol. The van der Waals surface area contributed by atoms with Crippen molar-refractivity contribution in [3.8, 4) is 0 Å². The minimum Gasteiger partial charge on any atom is -0.396 e. The second-order valence-electron chi connectivity index (χ2n) is 5.35. The minimum absolute atomic E-state index is 0. The van der Waals surface area contributed by atoms with Gasteiger partial charge in [-0.15, -0.1) is 12.4 Å². The first-order valence-electron chi connectivity index (χ1n) is 5.39. The lowest BCUT2D eigenvalue weighted by molar-refractivity contribution is -0.120. The maximum absolute atomic E-state index is 9.26. The van der Waals surface area contributed by atoms with Crippen molar-refractivity contribution in [2.75, 3.05) is 13.7 Å². The first kappa shape index (κ1) is 12.3. The minimum atomic E-state index is 0. The van der Waals surface area contributed by atoms with Gasteiger partial charge in [-0.25, -0.2) is 0 Å². The number of hydrogen-bond acceptors (Lipinski definition) is 2. The van der Waals surface area contributed by atoms with Crippen molar-refractivity contribution >= 4 is 12.4 Å². The summed E-state index contributed by atoms with van der Waals surface area (Å²) in [5, 5.41) is 12.6. The van der Waals surface area contributed by atoms with E-state index in [1.54, 1.807) is 0 Å². The Labute approximate surface area is 92.9 Å². The summed E-state index contributed by atoms with van der Waals surface area (Å²) in [5.41, 5.74) is 0.513. The van der Waals surface area contributed by atoms with Crippen molar-refractivity contribution in [3.63, 3.8) is 0 Å². The summed E-state index contributed by atoms with van der Waals surface area (Å²) >= 11 is 0. The van der Waals surface area contributed by atoms with Crippen LogP contribution in [0.25, 0.3) is 0 Å². The van der Waals surface area contributed by atoms with E-state index in [4.69, 9.17) is 0 Å².